The van der Waals surface area contributed by atoms with Gasteiger partial charge in [-0.2, -0.15) is 0 Å². The molecule has 0 aliphatic heterocycles. The molecule has 0 unspecified atom stereocenters. The molecule has 0 aliphatic rings. The van der Waals surface area contributed by atoms with Gasteiger partial charge in [0.1, 0.15) is 0 Å². The summed E-state index contributed by atoms with van der Waals surface area (Å²) in [6.07, 6.45) is 0. The maximum atomic E-state index is 12.3. The van der Waals surface area contributed by atoms with Gasteiger partial charge >= 0.3 is 0 Å². The van der Waals surface area contributed by atoms with Crippen LogP contribution in [0.2, 0.25) is 0 Å². The van der Waals surface area contributed by atoms with Crippen molar-refractivity contribution in [3.8, 4) is 0 Å². The third-order valence-electron chi connectivity index (χ3n) is 3.45. The Morgan fingerprint density at radius 3 is 2.30 bits per heavy atom. The number of benzene rings is 2. The van der Waals surface area contributed by atoms with Crippen molar-refractivity contribution in [3.63, 3.8) is 0 Å². The second-order valence-electron chi connectivity index (χ2n) is 5.95. The van der Waals surface area contributed by atoms with E-state index < -0.39 is 0 Å². The minimum atomic E-state index is -0.187. The number of carbonyl (C=O) groups is 2. The summed E-state index contributed by atoms with van der Waals surface area (Å²) in [5, 5.41) is 5.75. The van der Waals surface area contributed by atoms with Crippen molar-refractivity contribution in [3.05, 3.63) is 65.2 Å². The van der Waals surface area contributed by atoms with Crippen LogP contribution in [-0.2, 0) is 0 Å². The first-order chi connectivity index (χ1) is 11.0. The Hall–Kier alpha value is -2.62. The van der Waals surface area contributed by atoms with Crippen molar-refractivity contribution in [1.82, 2.24) is 5.32 Å². The summed E-state index contributed by atoms with van der Waals surface area (Å²) in [6, 6.07) is 14.3. The molecular weight excluding hydrogens is 288 g/mol. The van der Waals surface area contributed by atoms with Gasteiger partial charge in [0.15, 0.2) is 0 Å². The standard InChI is InChI=1S/C19H22N2O2/c1-13(2)12-20-18(22)16-10-9-14(3)17(11-16)21-19(23)15-7-5-4-6-8-15/h4-11,13H,12H2,1-3H3,(H,20,22)(H,21,23). The van der Waals surface area contributed by atoms with Crippen LogP contribution in [0.25, 0.3) is 0 Å². The Labute approximate surface area is 136 Å². The molecule has 2 N–H and O–H groups in total. The SMILES string of the molecule is Cc1ccc(C(=O)NCC(C)C)cc1NC(=O)c1ccccc1. The molecule has 0 saturated heterocycles. The summed E-state index contributed by atoms with van der Waals surface area (Å²) in [6.45, 7) is 6.61. The Morgan fingerprint density at radius 1 is 0.957 bits per heavy atom. The van der Waals surface area contributed by atoms with E-state index in [-0.39, 0.29) is 11.8 Å². The van der Waals surface area contributed by atoms with Crippen molar-refractivity contribution >= 4 is 17.5 Å². The molecule has 2 amide bonds. The number of nitrogens with one attached hydrogen (secondary N) is 2. The van der Waals surface area contributed by atoms with Gasteiger partial charge in [-0.3, -0.25) is 9.59 Å². The Morgan fingerprint density at radius 2 is 1.65 bits per heavy atom. The number of hydrogen-bond donors (Lipinski definition) is 2. The fourth-order valence-corrected chi connectivity index (χ4v) is 2.08. The number of aryl methyl sites for hydroxylation is 1. The maximum absolute atomic E-state index is 12.3. The molecule has 2 aromatic rings. The van der Waals surface area contributed by atoms with Gasteiger partial charge in [-0.15, -0.1) is 0 Å². The second kappa shape index (κ2) is 7.58. The van der Waals surface area contributed by atoms with Crippen LogP contribution in [0.15, 0.2) is 48.5 Å². The maximum Gasteiger partial charge on any atom is 0.255 e. The van der Waals surface area contributed by atoms with Crippen molar-refractivity contribution in [1.29, 1.82) is 0 Å². The van der Waals surface area contributed by atoms with E-state index in [2.05, 4.69) is 10.6 Å². The van der Waals surface area contributed by atoms with E-state index >= 15 is 0 Å². The lowest BCUT2D eigenvalue weighted by atomic mass is 10.1. The van der Waals surface area contributed by atoms with Crippen molar-refractivity contribution in [2.75, 3.05) is 11.9 Å². The number of anilines is 1. The summed E-state index contributed by atoms with van der Waals surface area (Å²) in [4.78, 5) is 24.4. The smallest absolute Gasteiger partial charge is 0.255 e. The van der Waals surface area contributed by atoms with Crippen LogP contribution >= 0.6 is 0 Å². The van der Waals surface area contributed by atoms with Crippen LogP contribution in [0.4, 0.5) is 5.69 Å². The Kier molecular flexibility index (Phi) is 5.52. The van der Waals surface area contributed by atoms with E-state index in [1.807, 2.05) is 45.0 Å². The summed E-state index contributed by atoms with van der Waals surface area (Å²) >= 11 is 0. The molecule has 0 radical (unpaired) electrons. The largest absolute Gasteiger partial charge is 0.352 e. The summed E-state index contributed by atoms with van der Waals surface area (Å²) in [7, 11) is 0. The first kappa shape index (κ1) is 16.7. The molecule has 2 rings (SSSR count). The van der Waals surface area contributed by atoms with Crippen molar-refractivity contribution in [2.45, 2.75) is 20.8 Å². The van der Waals surface area contributed by atoms with Crippen LogP contribution < -0.4 is 10.6 Å². The third kappa shape index (κ3) is 4.68. The topological polar surface area (TPSA) is 58.2 Å². The molecule has 0 aromatic heterocycles. The first-order valence-corrected chi connectivity index (χ1v) is 7.72. The van der Waals surface area contributed by atoms with Gasteiger partial charge in [-0.25, -0.2) is 0 Å². The molecule has 23 heavy (non-hydrogen) atoms. The van der Waals surface area contributed by atoms with E-state index in [9.17, 15) is 9.59 Å². The molecule has 2 aromatic carbocycles. The van der Waals surface area contributed by atoms with E-state index in [4.69, 9.17) is 0 Å². The molecule has 0 aliphatic carbocycles. The van der Waals surface area contributed by atoms with Gasteiger partial charge in [0.25, 0.3) is 11.8 Å². The van der Waals surface area contributed by atoms with Crippen molar-refractivity contribution < 1.29 is 9.59 Å². The monoisotopic (exact) mass is 310 g/mol. The van der Waals surface area contributed by atoms with Crippen LogP contribution in [0.1, 0.15) is 40.1 Å². The molecule has 0 heterocycles. The van der Waals surface area contributed by atoms with Crippen LogP contribution in [-0.4, -0.2) is 18.4 Å². The predicted octanol–water partition coefficient (Wildman–Crippen LogP) is 3.63. The minimum Gasteiger partial charge on any atom is -0.352 e. The second-order valence-corrected chi connectivity index (χ2v) is 5.95. The summed E-state index contributed by atoms with van der Waals surface area (Å²) in [5.74, 6) is 0.0731. The predicted molar refractivity (Wildman–Crippen MR) is 92.7 cm³/mol. The molecule has 4 nitrogen and oxygen atoms in total. The average Bonchev–Trinajstić information content (AvgIpc) is 2.55. The van der Waals surface area contributed by atoms with Gasteiger partial charge in [-0.05, 0) is 42.7 Å². The van der Waals surface area contributed by atoms with Crippen LogP contribution in [0.5, 0.6) is 0 Å². The molecular formula is C19H22N2O2. The molecule has 0 spiro atoms. The summed E-state index contributed by atoms with van der Waals surface area (Å²) < 4.78 is 0. The van der Waals surface area contributed by atoms with Gasteiger partial charge in [0.2, 0.25) is 0 Å². The van der Waals surface area contributed by atoms with Crippen LogP contribution in [0, 0.1) is 12.8 Å². The quantitative estimate of drug-likeness (QED) is 0.886. The number of hydrogen-bond acceptors (Lipinski definition) is 2. The zero-order valence-corrected chi connectivity index (χ0v) is 13.7. The molecule has 0 atom stereocenters. The molecule has 0 bridgehead atoms. The average molecular weight is 310 g/mol. The van der Waals surface area contributed by atoms with Crippen molar-refractivity contribution in [2.24, 2.45) is 5.92 Å². The fraction of sp³-hybridized carbons (Fsp3) is 0.263. The van der Waals surface area contributed by atoms with E-state index in [0.717, 1.165) is 5.56 Å². The lowest BCUT2D eigenvalue weighted by Crippen LogP contribution is -2.27. The van der Waals surface area contributed by atoms with E-state index in [1.165, 1.54) is 0 Å². The Balaban J connectivity index is 2.14. The number of amides is 2. The van der Waals surface area contributed by atoms with Gasteiger partial charge in [0, 0.05) is 23.4 Å². The molecule has 0 saturated carbocycles. The normalized spacial score (nSPS) is 10.4. The zero-order chi connectivity index (χ0) is 16.8. The highest BCUT2D eigenvalue weighted by molar-refractivity contribution is 6.05. The van der Waals surface area contributed by atoms with E-state index in [0.29, 0.717) is 29.3 Å². The zero-order valence-electron chi connectivity index (χ0n) is 13.7. The molecule has 0 fully saturated rings. The molecule has 120 valence electrons. The minimum absolute atomic E-state index is 0.131. The fourth-order valence-electron chi connectivity index (χ4n) is 2.08. The number of carbonyl (C=O) groups excluding carboxylic acids is 2. The van der Waals surface area contributed by atoms with Crippen LogP contribution in [0.3, 0.4) is 0 Å². The summed E-state index contributed by atoms with van der Waals surface area (Å²) in [5.41, 5.74) is 2.69. The van der Waals surface area contributed by atoms with Gasteiger partial charge in [-0.1, -0.05) is 38.1 Å². The highest BCUT2D eigenvalue weighted by Gasteiger charge is 2.11. The lowest BCUT2D eigenvalue weighted by molar-refractivity contribution is 0.0947. The number of rotatable bonds is 5. The van der Waals surface area contributed by atoms with E-state index in [1.54, 1.807) is 24.3 Å². The first-order valence-electron chi connectivity index (χ1n) is 7.72. The van der Waals surface area contributed by atoms with Gasteiger partial charge in [0.05, 0.1) is 0 Å². The lowest BCUT2D eigenvalue weighted by Gasteiger charge is -2.12. The Bertz CT molecular complexity index is 694. The third-order valence-corrected chi connectivity index (χ3v) is 3.45. The highest BCUT2D eigenvalue weighted by Crippen LogP contribution is 2.18. The highest BCUT2D eigenvalue weighted by atomic mass is 16.2. The van der Waals surface area contributed by atoms with Gasteiger partial charge < -0.3 is 10.6 Å². The molecule has 4 heteroatoms.